The summed E-state index contributed by atoms with van der Waals surface area (Å²) in [5.41, 5.74) is 7.94. The predicted molar refractivity (Wildman–Crippen MR) is 72.3 cm³/mol. The van der Waals surface area contributed by atoms with E-state index in [0.29, 0.717) is 11.8 Å². The fourth-order valence-corrected chi connectivity index (χ4v) is 2.33. The summed E-state index contributed by atoms with van der Waals surface area (Å²) in [6, 6.07) is 0. The lowest BCUT2D eigenvalue weighted by atomic mass is 9.75. The molecule has 0 saturated heterocycles. The Labute approximate surface area is 101 Å². The van der Waals surface area contributed by atoms with Crippen molar-refractivity contribution in [2.75, 3.05) is 0 Å². The molecule has 0 aliphatic heterocycles. The highest BCUT2D eigenvalue weighted by Gasteiger charge is 2.29. The van der Waals surface area contributed by atoms with E-state index in [4.69, 9.17) is 5.73 Å². The zero-order valence-corrected chi connectivity index (χ0v) is 11.3. The van der Waals surface area contributed by atoms with Gasteiger partial charge in [-0.25, -0.2) is 0 Å². The van der Waals surface area contributed by atoms with E-state index >= 15 is 0 Å². The molecule has 0 aromatic carbocycles. The summed E-state index contributed by atoms with van der Waals surface area (Å²) in [5, 5.41) is 0. The van der Waals surface area contributed by atoms with Gasteiger partial charge in [0.2, 0.25) is 0 Å². The lowest BCUT2D eigenvalue weighted by molar-refractivity contribution is 0.273. The van der Waals surface area contributed by atoms with Crippen molar-refractivity contribution in [1.82, 2.24) is 0 Å². The predicted octanol–water partition coefficient (Wildman–Crippen LogP) is 4.05. The fraction of sp³-hybridized carbons (Fsp3) is 0.733. The van der Waals surface area contributed by atoms with Crippen LogP contribution in [-0.4, -0.2) is 5.54 Å². The van der Waals surface area contributed by atoms with Crippen LogP contribution in [0.4, 0.5) is 0 Å². The van der Waals surface area contributed by atoms with Gasteiger partial charge >= 0.3 is 0 Å². The first-order chi connectivity index (χ1) is 7.42. The molecule has 16 heavy (non-hydrogen) atoms. The molecule has 0 spiro atoms. The molecule has 1 heteroatoms. The SMILES string of the molecule is CC1=CC[C@H]([C@](C)(N)C/C=C/C(C)C)CC1. The average molecular weight is 221 g/mol. The molecule has 0 fully saturated rings. The van der Waals surface area contributed by atoms with Gasteiger partial charge in [0.25, 0.3) is 0 Å². The number of allylic oxidation sites excluding steroid dienone is 3. The molecule has 92 valence electrons. The Balaban J connectivity index is 2.50. The van der Waals surface area contributed by atoms with Crippen LogP contribution >= 0.6 is 0 Å². The van der Waals surface area contributed by atoms with Gasteiger partial charge in [0.1, 0.15) is 0 Å². The van der Waals surface area contributed by atoms with E-state index in [2.05, 4.69) is 45.9 Å². The molecule has 2 atom stereocenters. The van der Waals surface area contributed by atoms with Crippen LogP contribution in [0.3, 0.4) is 0 Å². The highest BCUT2D eigenvalue weighted by atomic mass is 14.7. The van der Waals surface area contributed by atoms with Crippen LogP contribution in [0, 0.1) is 11.8 Å². The van der Waals surface area contributed by atoms with Gasteiger partial charge in [-0.3, -0.25) is 0 Å². The number of hydrogen-bond acceptors (Lipinski definition) is 1. The van der Waals surface area contributed by atoms with Crippen LogP contribution in [0.5, 0.6) is 0 Å². The fourth-order valence-electron chi connectivity index (χ4n) is 2.33. The van der Waals surface area contributed by atoms with Crippen molar-refractivity contribution in [3.63, 3.8) is 0 Å². The van der Waals surface area contributed by atoms with Crippen molar-refractivity contribution >= 4 is 0 Å². The molecule has 1 rings (SSSR count). The average Bonchev–Trinajstić information content (AvgIpc) is 2.17. The molecule has 1 aliphatic rings. The van der Waals surface area contributed by atoms with E-state index in [-0.39, 0.29) is 5.54 Å². The molecule has 2 N–H and O–H groups in total. The molecule has 0 aromatic rings. The van der Waals surface area contributed by atoms with Crippen molar-refractivity contribution in [2.24, 2.45) is 17.6 Å². The first-order valence-electron chi connectivity index (χ1n) is 6.53. The second kappa shape index (κ2) is 5.67. The Bertz CT molecular complexity index is 271. The summed E-state index contributed by atoms with van der Waals surface area (Å²) >= 11 is 0. The lowest BCUT2D eigenvalue weighted by Gasteiger charge is -2.35. The van der Waals surface area contributed by atoms with Gasteiger partial charge in [-0.2, -0.15) is 0 Å². The van der Waals surface area contributed by atoms with Gasteiger partial charge in [0.15, 0.2) is 0 Å². The maximum Gasteiger partial charge on any atom is 0.0192 e. The summed E-state index contributed by atoms with van der Waals surface area (Å²) in [5.74, 6) is 1.28. The molecule has 1 aliphatic carbocycles. The molecular weight excluding hydrogens is 194 g/mol. The highest BCUT2D eigenvalue weighted by molar-refractivity contribution is 5.08. The zero-order valence-electron chi connectivity index (χ0n) is 11.3. The maximum absolute atomic E-state index is 6.44. The summed E-state index contributed by atoms with van der Waals surface area (Å²) in [6.07, 6.45) is 11.5. The standard InChI is InChI=1S/C15H27N/c1-12(2)6-5-11-15(4,16)14-9-7-13(3)8-10-14/h5-7,12,14H,8-11,16H2,1-4H3/b6-5+/t14-,15+/m0/s1. The molecule has 1 nitrogen and oxygen atoms in total. The summed E-state index contributed by atoms with van der Waals surface area (Å²) in [7, 11) is 0. The Hall–Kier alpha value is -0.560. The van der Waals surface area contributed by atoms with Crippen molar-refractivity contribution in [1.29, 1.82) is 0 Å². The Morgan fingerprint density at radius 3 is 2.75 bits per heavy atom. The molecule has 0 radical (unpaired) electrons. The van der Waals surface area contributed by atoms with Crippen molar-refractivity contribution < 1.29 is 0 Å². The maximum atomic E-state index is 6.44. The molecule has 0 aromatic heterocycles. The summed E-state index contributed by atoms with van der Waals surface area (Å²) in [6.45, 7) is 8.84. The van der Waals surface area contributed by atoms with Gasteiger partial charge in [-0.1, -0.05) is 37.6 Å². The van der Waals surface area contributed by atoms with Gasteiger partial charge in [-0.15, -0.1) is 0 Å². The van der Waals surface area contributed by atoms with Gasteiger partial charge in [-0.05, 0) is 51.4 Å². The molecule has 0 unspecified atom stereocenters. The number of hydrogen-bond donors (Lipinski definition) is 1. The number of rotatable bonds is 4. The van der Waals surface area contributed by atoms with Gasteiger partial charge in [0.05, 0.1) is 0 Å². The van der Waals surface area contributed by atoms with E-state index in [9.17, 15) is 0 Å². The topological polar surface area (TPSA) is 26.0 Å². The van der Waals surface area contributed by atoms with E-state index < -0.39 is 0 Å². The van der Waals surface area contributed by atoms with Crippen molar-refractivity contribution in [3.05, 3.63) is 23.8 Å². The molecule has 0 amide bonds. The minimum Gasteiger partial charge on any atom is -0.325 e. The lowest BCUT2D eigenvalue weighted by Crippen LogP contribution is -2.44. The van der Waals surface area contributed by atoms with Crippen molar-refractivity contribution in [2.45, 2.75) is 58.9 Å². The third-order valence-corrected chi connectivity index (χ3v) is 3.65. The summed E-state index contributed by atoms with van der Waals surface area (Å²) in [4.78, 5) is 0. The minimum atomic E-state index is -0.0391. The third kappa shape index (κ3) is 4.13. The molecule has 0 saturated carbocycles. The smallest absolute Gasteiger partial charge is 0.0192 e. The molecule has 0 heterocycles. The van der Waals surface area contributed by atoms with Crippen LogP contribution < -0.4 is 5.73 Å². The van der Waals surface area contributed by atoms with Crippen LogP contribution in [-0.2, 0) is 0 Å². The van der Waals surface area contributed by atoms with Crippen molar-refractivity contribution in [3.8, 4) is 0 Å². The second-order valence-corrected chi connectivity index (χ2v) is 5.90. The van der Waals surface area contributed by atoms with Crippen LogP contribution in [0.15, 0.2) is 23.8 Å². The van der Waals surface area contributed by atoms with Crippen LogP contribution in [0.25, 0.3) is 0 Å². The molecular formula is C15H27N. The quantitative estimate of drug-likeness (QED) is 0.712. The first kappa shape index (κ1) is 13.5. The Kier molecular flexibility index (Phi) is 4.79. The van der Waals surface area contributed by atoms with E-state index in [0.717, 1.165) is 12.8 Å². The molecule has 0 bridgehead atoms. The Morgan fingerprint density at radius 1 is 1.56 bits per heavy atom. The second-order valence-electron chi connectivity index (χ2n) is 5.90. The summed E-state index contributed by atoms with van der Waals surface area (Å²) < 4.78 is 0. The normalized spacial score (nSPS) is 25.9. The monoisotopic (exact) mass is 221 g/mol. The van der Waals surface area contributed by atoms with E-state index in [1.165, 1.54) is 18.4 Å². The van der Waals surface area contributed by atoms with Crippen LogP contribution in [0.2, 0.25) is 0 Å². The largest absolute Gasteiger partial charge is 0.325 e. The van der Waals surface area contributed by atoms with Gasteiger partial charge in [0, 0.05) is 5.54 Å². The Morgan fingerprint density at radius 2 is 2.25 bits per heavy atom. The third-order valence-electron chi connectivity index (χ3n) is 3.65. The van der Waals surface area contributed by atoms with Crippen LogP contribution in [0.1, 0.15) is 53.4 Å². The first-order valence-corrected chi connectivity index (χ1v) is 6.53. The minimum absolute atomic E-state index is 0.0391. The highest BCUT2D eigenvalue weighted by Crippen LogP contribution is 2.32. The zero-order chi connectivity index (χ0) is 12.2. The number of nitrogens with two attached hydrogens (primary N) is 1. The van der Waals surface area contributed by atoms with E-state index in [1.807, 2.05) is 0 Å². The van der Waals surface area contributed by atoms with E-state index in [1.54, 1.807) is 0 Å². The van der Waals surface area contributed by atoms with Gasteiger partial charge < -0.3 is 5.73 Å².